The van der Waals surface area contributed by atoms with E-state index in [1.54, 1.807) is 43.5 Å². The van der Waals surface area contributed by atoms with Crippen LogP contribution in [-0.4, -0.2) is 114 Å². The van der Waals surface area contributed by atoms with Crippen molar-refractivity contribution in [2.75, 3.05) is 62.0 Å². The van der Waals surface area contributed by atoms with Gasteiger partial charge in [0.1, 0.15) is 29.3 Å². The van der Waals surface area contributed by atoms with Gasteiger partial charge in [-0.2, -0.15) is 0 Å². The van der Waals surface area contributed by atoms with Crippen molar-refractivity contribution in [3.8, 4) is 5.75 Å². The molecule has 2 saturated heterocycles. The first kappa shape index (κ1) is 51.1. The molecule has 4 aliphatic heterocycles. The molecule has 1 aromatic heterocycles. The van der Waals surface area contributed by atoms with Gasteiger partial charge < -0.3 is 35.0 Å². The SMILES string of the molecule is CC[C@@H]1C(=O)N(C)c2cnc(Cc3ccc(C(=O)CC4CCN(CCNCCCCC(=O)Nc5cccc6c5CN(C5CCC(=O)NC5=O)C6=O)CC4)cc3OC)nc2N1Cc1ccc(Br)cc1.Cl. The minimum absolute atomic E-state index is 0. The second kappa shape index (κ2) is 23.2. The quantitative estimate of drug-likeness (QED) is 0.0530. The van der Waals surface area contributed by atoms with Gasteiger partial charge in [-0.25, -0.2) is 9.97 Å². The van der Waals surface area contributed by atoms with Crippen LogP contribution in [0.5, 0.6) is 5.75 Å². The number of halogens is 2. The Hall–Kier alpha value is -5.75. The highest BCUT2D eigenvalue weighted by Crippen LogP contribution is 2.37. The van der Waals surface area contributed by atoms with E-state index in [9.17, 15) is 28.8 Å². The monoisotopic (exact) mass is 1030 g/mol. The Labute approximate surface area is 417 Å². The lowest BCUT2D eigenvalue weighted by Crippen LogP contribution is -2.52. The van der Waals surface area contributed by atoms with E-state index < -0.39 is 11.9 Å². The van der Waals surface area contributed by atoms with Crippen LogP contribution in [0.4, 0.5) is 17.2 Å². The van der Waals surface area contributed by atoms with Gasteiger partial charge in [-0.1, -0.05) is 53.2 Å². The number of Topliss-reactive ketones (excluding diaryl/α,β-unsaturated/α-hetero) is 1. The van der Waals surface area contributed by atoms with Crippen LogP contribution < -0.4 is 30.5 Å². The number of ketones is 1. The van der Waals surface area contributed by atoms with Gasteiger partial charge in [0, 0.05) is 91.3 Å². The highest BCUT2D eigenvalue weighted by atomic mass is 79.9. The summed E-state index contributed by atoms with van der Waals surface area (Å²) in [7, 11) is 3.39. The molecule has 0 saturated carbocycles. The largest absolute Gasteiger partial charge is 0.496 e. The average molecular weight is 1030 g/mol. The number of aromatic nitrogens is 2. The molecule has 3 N–H and O–H groups in total. The zero-order valence-corrected chi connectivity index (χ0v) is 41.8. The molecule has 18 heteroatoms. The highest BCUT2D eigenvalue weighted by Gasteiger charge is 2.40. The molecular formula is C51H61BrClN9O7. The molecule has 5 heterocycles. The number of amides is 5. The number of rotatable bonds is 19. The minimum atomic E-state index is -0.708. The number of ether oxygens (including phenoxy) is 1. The summed E-state index contributed by atoms with van der Waals surface area (Å²) in [6.45, 7) is 7.17. The third-order valence-corrected chi connectivity index (χ3v) is 14.2. The van der Waals surface area contributed by atoms with Crippen LogP contribution in [0.1, 0.15) is 108 Å². The topological polar surface area (TPSA) is 186 Å². The lowest BCUT2D eigenvalue weighted by Gasteiger charge is -2.40. The molecule has 16 nitrogen and oxygen atoms in total. The number of carbonyl (C=O) groups excluding carboxylic acids is 6. The summed E-state index contributed by atoms with van der Waals surface area (Å²) in [5, 5.41) is 8.79. The smallest absolute Gasteiger partial charge is 0.255 e. The van der Waals surface area contributed by atoms with Crippen molar-refractivity contribution in [2.24, 2.45) is 5.92 Å². The van der Waals surface area contributed by atoms with E-state index in [4.69, 9.17) is 9.72 Å². The Balaban J connectivity index is 0.00000703. The molecule has 0 bridgehead atoms. The fourth-order valence-electron chi connectivity index (χ4n) is 9.77. The summed E-state index contributed by atoms with van der Waals surface area (Å²) in [5.41, 5.74) is 4.97. The normalized spacial score (nSPS) is 18.4. The Morgan fingerprint density at radius 1 is 0.971 bits per heavy atom. The lowest BCUT2D eigenvalue weighted by molar-refractivity contribution is -0.137. The van der Waals surface area contributed by atoms with Gasteiger partial charge in [0.15, 0.2) is 11.6 Å². The van der Waals surface area contributed by atoms with Crippen LogP contribution >= 0.6 is 28.3 Å². The van der Waals surface area contributed by atoms with E-state index in [2.05, 4.69) is 46.7 Å². The van der Waals surface area contributed by atoms with Gasteiger partial charge in [-0.3, -0.25) is 34.1 Å². The third kappa shape index (κ3) is 12.0. The van der Waals surface area contributed by atoms with Crippen molar-refractivity contribution in [3.05, 3.63) is 105 Å². The van der Waals surface area contributed by atoms with Crippen molar-refractivity contribution in [3.63, 3.8) is 0 Å². The Bertz CT molecular complexity index is 2560. The van der Waals surface area contributed by atoms with E-state index in [1.165, 1.54) is 4.90 Å². The van der Waals surface area contributed by atoms with Crippen LogP contribution in [0.2, 0.25) is 0 Å². The van der Waals surface area contributed by atoms with Crippen molar-refractivity contribution in [1.29, 1.82) is 0 Å². The number of piperidine rings is 2. The van der Waals surface area contributed by atoms with E-state index >= 15 is 0 Å². The molecule has 1 unspecified atom stereocenters. The van der Waals surface area contributed by atoms with Crippen LogP contribution in [0.15, 0.2) is 71.3 Å². The fraction of sp³-hybridized carbons (Fsp3) is 0.451. The van der Waals surface area contributed by atoms with Gasteiger partial charge >= 0.3 is 0 Å². The predicted molar refractivity (Wildman–Crippen MR) is 269 cm³/mol. The molecule has 8 rings (SSSR count). The van der Waals surface area contributed by atoms with E-state index in [-0.39, 0.29) is 67.2 Å². The van der Waals surface area contributed by atoms with Crippen LogP contribution in [0, 0.1) is 5.92 Å². The first-order valence-electron chi connectivity index (χ1n) is 23.7. The van der Waals surface area contributed by atoms with Crippen molar-refractivity contribution in [1.82, 2.24) is 30.4 Å². The molecule has 0 aliphatic carbocycles. The molecular weight excluding hydrogens is 966 g/mol. The molecule has 4 aliphatic rings. The maximum Gasteiger partial charge on any atom is 0.255 e. The van der Waals surface area contributed by atoms with Crippen LogP contribution in [-0.2, 0) is 38.7 Å². The van der Waals surface area contributed by atoms with Crippen LogP contribution in [0.3, 0.4) is 0 Å². The number of anilines is 3. The first-order valence-corrected chi connectivity index (χ1v) is 24.5. The molecule has 69 heavy (non-hydrogen) atoms. The van der Waals surface area contributed by atoms with Gasteiger partial charge in [0.05, 0.1) is 13.3 Å². The van der Waals surface area contributed by atoms with Gasteiger partial charge in [-0.15, -0.1) is 12.4 Å². The second-order valence-electron chi connectivity index (χ2n) is 18.2. The second-order valence-corrected chi connectivity index (χ2v) is 19.1. The number of nitrogens with one attached hydrogen (secondary N) is 3. The lowest BCUT2D eigenvalue weighted by atomic mass is 9.89. The van der Waals surface area contributed by atoms with Crippen molar-refractivity contribution < 1.29 is 33.5 Å². The maximum atomic E-state index is 13.6. The molecule has 0 radical (unpaired) electrons. The fourth-order valence-corrected chi connectivity index (χ4v) is 10.0. The Morgan fingerprint density at radius 3 is 2.49 bits per heavy atom. The number of imide groups is 1. The summed E-state index contributed by atoms with van der Waals surface area (Å²) < 4.78 is 6.80. The molecule has 366 valence electrons. The zero-order chi connectivity index (χ0) is 47.9. The number of hydrogen-bond donors (Lipinski definition) is 3. The predicted octanol–water partition coefficient (Wildman–Crippen LogP) is 6.47. The standard InChI is InChI=1S/C51H60BrN9O7.ClH/c1-4-40-51(67)58(2)42-29-54-45(56-48(42)60(40)30-33-11-15-36(52)16-12-33)28-35-14-13-34(27-44(35)68-3)43(62)26-32-19-23-59(24-20-32)25-22-53-21-6-5-10-46(63)55-39-9-7-8-37-38(39)31-61(50(37)66)41-17-18-47(64)57-49(41)65;/h7-9,11-16,27,29,32,40-41,53H,4-6,10,17-26,28,30-31H2,1-3H3,(H,55,63)(H,57,64,65);1H/t40-,41?;/m1./s1. The Kier molecular flexibility index (Phi) is 17.2. The third-order valence-electron chi connectivity index (χ3n) is 13.7. The van der Waals surface area contributed by atoms with E-state index in [1.807, 2.05) is 49.4 Å². The summed E-state index contributed by atoms with van der Waals surface area (Å²) in [5.74, 6) is 1.17. The number of carbonyl (C=O) groups is 6. The van der Waals surface area contributed by atoms with Gasteiger partial charge in [-0.05, 0) is 100.0 Å². The van der Waals surface area contributed by atoms with Crippen LogP contribution in [0.25, 0.3) is 0 Å². The number of methoxy groups -OCH3 is 1. The highest BCUT2D eigenvalue weighted by molar-refractivity contribution is 9.10. The zero-order valence-electron chi connectivity index (χ0n) is 39.4. The molecule has 2 atom stereocenters. The summed E-state index contributed by atoms with van der Waals surface area (Å²) >= 11 is 3.51. The molecule has 4 aromatic rings. The molecule has 3 aromatic carbocycles. The number of unbranched alkanes of at least 4 members (excludes halogenated alkanes) is 1. The Morgan fingerprint density at radius 2 is 1.75 bits per heavy atom. The minimum Gasteiger partial charge on any atom is -0.496 e. The van der Waals surface area contributed by atoms with Gasteiger partial charge in [0.25, 0.3) is 5.91 Å². The average Bonchev–Trinajstić information content (AvgIpc) is 3.67. The van der Waals surface area contributed by atoms with Crippen molar-refractivity contribution in [2.45, 2.75) is 96.3 Å². The van der Waals surface area contributed by atoms with Crippen molar-refractivity contribution >= 4 is 80.8 Å². The number of hydrogen-bond acceptors (Lipinski definition) is 12. The van der Waals surface area contributed by atoms with E-state index in [0.717, 1.165) is 67.6 Å². The molecule has 0 spiro atoms. The number of fused-ring (bicyclic) bond motifs is 2. The number of nitrogens with zero attached hydrogens (tertiary/aromatic N) is 6. The maximum absolute atomic E-state index is 13.6. The number of likely N-dealkylation sites (N-methyl/N-ethyl adjacent to an activating group) is 1. The summed E-state index contributed by atoms with van der Waals surface area (Å²) in [4.78, 5) is 94.4. The van der Waals surface area contributed by atoms with Gasteiger partial charge in [0.2, 0.25) is 23.6 Å². The number of likely N-dealkylation sites (tertiary alicyclic amines) is 1. The number of benzene rings is 3. The summed E-state index contributed by atoms with van der Waals surface area (Å²) in [6, 6.07) is 17.9. The molecule has 2 fully saturated rings. The molecule has 5 amide bonds. The van der Waals surface area contributed by atoms with E-state index in [0.29, 0.717) is 90.0 Å². The first-order chi connectivity index (χ1) is 32.9. The summed E-state index contributed by atoms with van der Waals surface area (Å²) in [6.07, 6.45) is 7.52.